The second-order valence-corrected chi connectivity index (χ2v) is 17.9. The number of hydrogen-bond donors (Lipinski definition) is 3. The van der Waals surface area contributed by atoms with Gasteiger partial charge < -0.3 is 4.42 Å². The van der Waals surface area contributed by atoms with Crippen molar-refractivity contribution >= 4 is 71.0 Å². The summed E-state index contributed by atoms with van der Waals surface area (Å²) in [7, 11) is 0. The number of hydrogen-bond acceptors (Lipinski definition) is 12. The Hall–Kier alpha value is -6.21. The van der Waals surface area contributed by atoms with Crippen LogP contribution in [0.1, 0.15) is 130 Å². The third-order valence-electron chi connectivity index (χ3n) is 10.7. The molecule has 5 heterocycles. The maximum atomic E-state index is 11.9. The number of pyridine rings is 4. The zero-order valence-electron chi connectivity index (χ0n) is 36.6. The van der Waals surface area contributed by atoms with E-state index in [2.05, 4.69) is 131 Å². The first-order chi connectivity index (χ1) is 29.1. The standard InChI is InChI=1S/C24H25N5O.C18H23N3O.C6H4N2S.CH4.B/c1-14-11-19(22-28-29-23(30-22)27-20-7-5-6-10-25-20)26-21-17(14)12-16(15-8-9-15)13-18(21)24(2,3)4;1-10-7-15(17(22)21-19)20-16-13(10)8-12(11-5-6-11)9-14(16)18(2,3)4;9-5-8-6-2-1-3-7-4-6;;/h5-7,10-13,15H,8-9H2,1-4H3,(H,25,27,29);7-9,11H,5-6,19H2,1-4H3,(H,21,22);1-4H;1H4;. The van der Waals surface area contributed by atoms with Crippen LogP contribution >= 0.6 is 12.2 Å². The number of nitrogens with zero attached hydrogens (tertiary/aromatic N) is 7. The van der Waals surface area contributed by atoms with Gasteiger partial charge in [-0.1, -0.05) is 72.3 Å². The minimum absolute atomic E-state index is 0. The number of benzene rings is 2. The number of aryl methyl sites for hydroxylation is 2. The maximum absolute atomic E-state index is 11.9. The van der Waals surface area contributed by atoms with Gasteiger partial charge in [0.15, 0.2) is 0 Å². The normalized spacial score (nSPS) is 13.2. The number of aromatic nitrogens is 6. The highest BCUT2D eigenvalue weighted by atomic mass is 32.1. The molecule has 5 aromatic heterocycles. The predicted molar refractivity (Wildman–Crippen MR) is 258 cm³/mol. The summed E-state index contributed by atoms with van der Waals surface area (Å²) in [5, 5.41) is 15.9. The lowest BCUT2D eigenvalue weighted by Crippen LogP contribution is -2.31. The quantitative estimate of drug-likeness (QED) is 0.0348. The highest BCUT2D eigenvalue weighted by Crippen LogP contribution is 2.45. The highest BCUT2D eigenvalue weighted by molar-refractivity contribution is 7.78. The molecule has 1 amide bonds. The summed E-state index contributed by atoms with van der Waals surface area (Å²) in [6.07, 6.45) is 10.1. The van der Waals surface area contributed by atoms with Crippen LogP contribution < -0.4 is 16.6 Å². The lowest BCUT2D eigenvalue weighted by Gasteiger charge is -2.23. The third-order valence-corrected chi connectivity index (χ3v) is 10.8. The molecule has 0 atom stereocenters. The van der Waals surface area contributed by atoms with Crippen LogP contribution in [0, 0.1) is 13.8 Å². The lowest BCUT2D eigenvalue weighted by atomic mass is 9.83. The van der Waals surface area contributed by atoms with Crippen LogP contribution in [0.15, 0.2) is 94.7 Å². The molecule has 0 aliphatic heterocycles. The average molecular weight is 860 g/mol. The van der Waals surface area contributed by atoms with Crippen LogP contribution in [-0.4, -0.2) is 49.6 Å². The van der Waals surface area contributed by atoms with Crippen molar-refractivity contribution in [2.75, 3.05) is 5.32 Å². The van der Waals surface area contributed by atoms with Crippen LogP contribution in [0.25, 0.3) is 33.4 Å². The smallest absolute Gasteiger partial charge is 0.321 e. The SMILES string of the molecule is C.Cc1cc(-c2nnc(Nc3ccccn3)o2)nc2c(C(C)(C)C)cc(C3CC3)cc12.Cc1cc(C(=O)NN)nc2c(C(C)(C)C)cc(C3CC3)cc12.S=C=Nc1cccnc1.[B]. The van der Waals surface area contributed by atoms with E-state index in [1.165, 1.54) is 58.9 Å². The molecule has 0 spiro atoms. The molecular formula is C49H56BN10O2S. The number of carbonyl (C=O) groups excluding carboxylic acids is 1. The largest absolute Gasteiger partial charge is 0.401 e. The zero-order valence-corrected chi connectivity index (χ0v) is 37.4. The molecule has 323 valence electrons. The average Bonchev–Trinajstić information content (AvgIpc) is 4.19. The van der Waals surface area contributed by atoms with E-state index in [1.807, 2.05) is 43.3 Å². The molecule has 2 aromatic carbocycles. The van der Waals surface area contributed by atoms with Crippen LogP contribution in [0.3, 0.4) is 0 Å². The van der Waals surface area contributed by atoms with Crippen molar-refractivity contribution < 1.29 is 9.21 Å². The van der Waals surface area contributed by atoms with Gasteiger partial charge in [-0.25, -0.2) is 20.8 Å². The van der Waals surface area contributed by atoms with Gasteiger partial charge in [-0.2, -0.15) is 4.99 Å². The summed E-state index contributed by atoms with van der Waals surface area (Å²) in [6, 6.07) is 22.5. The summed E-state index contributed by atoms with van der Waals surface area (Å²) in [5.74, 6) is 7.34. The van der Waals surface area contributed by atoms with Gasteiger partial charge in [-0.15, -0.1) is 5.10 Å². The van der Waals surface area contributed by atoms with Crippen LogP contribution in [0.2, 0.25) is 0 Å². The highest BCUT2D eigenvalue weighted by Gasteiger charge is 2.29. The minimum atomic E-state index is -0.351. The van der Waals surface area contributed by atoms with E-state index in [0.29, 0.717) is 40.9 Å². The molecular weight excluding hydrogens is 803 g/mol. The number of isothiocyanates is 1. The van der Waals surface area contributed by atoms with E-state index in [0.717, 1.165) is 27.7 Å². The van der Waals surface area contributed by atoms with E-state index >= 15 is 0 Å². The Labute approximate surface area is 377 Å². The number of aliphatic imine (C=N–C) groups is 1. The van der Waals surface area contributed by atoms with Crippen molar-refractivity contribution in [2.24, 2.45) is 10.8 Å². The van der Waals surface area contributed by atoms with Gasteiger partial charge in [0.1, 0.15) is 17.2 Å². The van der Waals surface area contributed by atoms with Gasteiger partial charge in [0, 0.05) is 31.6 Å². The number of amides is 1. The topological polar surface area (TPSA) is 170 Å². The molecule has 2 fully saturated rings. The molecule has 7 aromatic rings. The summed E-state index contributed by atoms with van der Waals surface area (Å²) >= 11 is 4.39. The fraction of sp³-hybridized carbons (Fsp3) is 0.347. The first-order valence-corrected chi connectivity index (χ1v) is 21.0. The van der Waals surface area contributed by atoms with E-state index in [9.17, 15) is 4.79 Å². The Morgan fingerprint density at radius 2 is 1.41 bits per heavy atom. The first kappa shape index (κ1) is 47.8. The molecule has 2 saturated carbocycles. The van der Waals surface area contributed by atoms with Crippen LogP contribution in [-0.2, 0) is 10.8 Å². The fourth-order valence-corrected chi connectivity index (χ4v) is 7.28. The number of carbonyl (C=O) groups is 1. The Morgan fingerprint density at radius 3 is 1.92 bits per heavy atom. The van der Waals surface area contributed by atoms with E-state index in [1.54, 1.807) is 24.7 Å². The second-order valence-electron chi connectivity index (χ2n) is 17.8. The van der Waals surface area contributed by atoms with Crippen molar-refractivity contribution in [1.29, 1.82) is 0 Å². The lowest BCUT2D eigenvalue weighted by molar-refractivity contribution is 0.0949. The monoisotopic (exact) mass is 859 g/mol. The Kier molecular flexibility index (Phi) is 15.1. The Balaban J connectivity index is 0.000000199. The van der Waals surface area contributed by atoms with E-state index in [-0.39, 0.29) is 32.6 Å². The Morgan fingerprint density at radius 1 is 0.810 bits per heavy atom. The molecule has 2 aliphatic carbocycles. The van der Waals surface area contributed by atoms with Crippen molar-refractivity contribution in [2.45, 2.75) is 111 Å². The molecule has 3 radical (unpaired) electrons. The zero-order chi connectivity index (χ0) is 43.5. The molecule has 0 bridgehead atoms. The molecule has 14 heteroatoms. The molecule has 12 nitrogen and oxygen atoms in total. The summed E-state index contributed by atoms with van der Waals surface area (Å²) in [4.78, 5) is 33.2. The predicted octanol–water partition coefficient (Wildman–Crippen LogP) is 11.3. The molecule has 0 saturated heterocycles. The summed E-state index contributed by atoms with van der Waals surface area (Å²) in [5.41, 5.74) is 13.4. The number of rotatable bonds is 7. The minimum Gasteiger partial charge on any atom is -0.401 e. The number of hydrazine groups is 1. The number of nitrogens with one attached hydrogen (secondary N) is 2. The van der Waals surface area contributed by atoms with Gasteiger partial charge in [0.25, 0.3) is 11.8 Å². The number of thiocarbonyl (C=S) groups is 1. The summed E-state index contributed by atoms with van der Waals surface area (Å²) in [6.45, 7) is 17.4. The molecule has 2 aliphatic rings. The molecule has 4 N–H and O–H groups in total. The molecule has 9 rings (SSSR count). The van der Waals surface area contributed by atoms with E-state index in [4.69, 9.17) is 15.2 Å². The second kappa shape index (κ2) is 19.9. The van der Waals surface area contributed by atoms with Crippen molar-refractivity contribution in [3.05, 3.63) is 124 Å². The van der Waals surface area contributed by atoms with Crippen molar-refractivity contribution in [3.63, 3.8) is 0 Å². The van der Waals surface area contributed by atoms with Gasteiger partial charge in [-0.3, -0.25) is 20.5 Å². The molecule has 63 heavy (non-hydrogen) atoms. The van der Waals surface area contributed by atoms with Gasteiger partial charge in [0.2, 0.25) is 0 Å². The van der Waals surface area contributed by atoms with Gasteiger partial charge in [0.05, 0.1) is 28.1 Å². The number of anilines is 2. The van der Waals surface area contributed by atoms with Gasteiger partial charge in [-0.05, 0) is 156 Å². The van der Waals surface area contributed by atoms with Crippen molar-refractivity contribution in [1.82, 2.24) is 35.6 Å². The third kappa shape index (κ3) is 11.6. The van der Waals surface area contributed by atoms with Gasteiger partial charge >= 0.3 is 6.01 Å². The van der Waals surface area contributed by atoms with Crippen LogP contribution in [0.4, 0.5) is 17.5 Å². The maximum Gasteiger partial charge on any atom is 0.321 e. The number of fused-ring (bicyclic) bond motifs is 2. The van der Waals surface area contributed by atoms with Crippen molar-refractivity contribution in [3.8, 4) is 11.6 Å². The fourth-order valence-electron chi connectivity index (χ4n) is 7.17. The number of nitrogens with two attached hydrogens (primary N) is 1. The molecule has 0 unspecified atom stereocenters. The summed E-state index contributed by atoms with van der Waals surface area (Å²) < 4.78 is 5.84. The van der Waals surface area contributed by atoms with E-state index < -0.39 is 0 Å². The Bertz CT molecular complexity index is 2750. The van der Waals surface area contributed by atoms with Crippen LogP contribution in [0.5, 0.6) is 0 Å². The first-order valence-electron chi connectivity index (χ1n) is 20.5. The number of nitrogen functional groups attached to an aromatic ring is 1.